The number of methoxy groups -OCH3 is 1. The summed E-state index contributed by atoms with van der Waals surface area (Å²) < 4.78 is 10.2. The third kappa shape index (κ3) is 18.1. The van der Waals surface area contributed by atoms with E-state index in [1.807, 2.05) is 0 Å². The van der Waals surface area contributed by atoms with Crippen LogP contribution in [0.1, 0.15) is 116 Å². The summed E-state index contributed by atoms with van der Waals surface area (Å²) in [6, 6.07) is 0. The van der Waals surface area contributed by atoms with Crippen molar-refractivity contribution in [3.05, 3.63) is 12.7 Å². The molecule has 28 heavy (non-hydrogen) atoms. The van der Waals surface area contributed by atoms with Gasteiger partial charge in [-0.3, -0.25) is 4.79 Å². The first-order chi connectivity index (χ1) is 13.6. The third-order valence-electron chi connectivity index (χ3n) is 5.21. The molecule has 0 N–H and O–H groups in total. The van der Waals surface area contributed by atoms with Crippen LogP contribution in [0.15, 0.2) is 12.7 Å². The van der Waals surface area contributed by atoms with Crippen molar-refractivity contribution in [1.29, 1.82) is 0 Å². The van der Waals surface area contributed by atoms with Gasteiger partial charge in [0.2, 0.25) is 0 Å². The van der Waals surface area contributed by atoms with Crippen LogP contribution >= 0.6 is 0 Å². The summed E-state index contributed by atoms with van der Waals surface area (Å²) in [6.07, 6.45) is 20.7. The number of hydrogen-bond acceptors (Lipinski definition) is 4. The van der Waals surface area contributed by atoms with E-state index in [-0.39, 0.29) is 18.0 Å². The Hall–Kier alpha value is -1.32. The molecule has 0 bridgehead atoms. The normalized spacial score (nSPS) is 11.8. The summed E-state index contributed by atoms with van der Waals surface area (Å²) in [5, 5.41) is 0. The van der Waals surface area contributed by atoms with Crippen LogP contribution in [0.2, 0.25) is 0 Å². The highest BCUT2D eigenvalue weighted by Gasteiger charge is 2.12. The van der Waals surface area contributed by atoms with E-state index in [0.29, 0.717) is 6.42 Å². The van der Waals surface area contributed by atoms with Crippen LogP contribution in [0.4, 0.5) is 0 Å². The smallest absolute Gasteiger partial charge is 0.330 e. The van der Waals surface area contributed by atoms with Crippen LogP contribution in [0.25, 0.3) is 0 Å². The highest BCUT2D eigenvalue weighted by atomic mass is 16.5. The van der Waals surface area contributed by atoms with Crippen molar-refractivity contribution >= 4 is 11.9 Å². The number of carbonyl (C=O) groups excluding carboxylic acids is 2. The fourth-order valence-electron chi connectivity index (χ4n) is 3.43. The summed E-state index contributed by atoms with van der Waals surface area (Å²) in [6.45, 7) is 5.71. The molecule has 0 rings (SSSR count). The fourth-order valence-corrected chi connectivity index (χ4v) is 3.43. The molecule has 0 aromatic carbocycles. The Labute approximate surface area is 173 Å². The van der Waals surface area contributed by atoms with Crippen molar-refractivity contribution in [2.75, 3.05) is 7.11 Å². The molecule has 0 aliphatic rings. The molecule has 164 valence electrons. The zero-order chi connectivity index (χ0) is 20.9. The van der Waals surface area contributed by atoms with Gasteiger partial charge in [-0.1, -0.05) is 84.1 Å². The molecule has 4 nitrogen and oxygen atoms in total. The first-order valence-corrected chi connectivity index (χ1v) is 11.5. The van der Waals surface area contributed by atoms with E-state index in [9.17, 15) is 9.59 Å². The molecule has 0 aromatic heterocycles. The molecule has 0 saturated carbocycles. The third-order valence-corrected chi connectivity index (χ3v) is 5.21. The van der Waals surface area contributed by atoms with Gasteiger partial charge in [-0.15, -0.1) is 0 Å². The van der Waals surface area contributed by atoms with Gasteiger partial charge in [0.1, 0.15) is 6.10 Å². The molecule has 0 saturated heterocycles. The van der Waals surface area contributed by atoms with Crippen LogP contribution in [-0.2, 0) is 19.1 Å². The average Bonchev–Trinajstić information content (AvgIpc) is 2.71. The lowest BCUT2D eigenvalue weighted by atomic mass is 10.0. The fraction of sp³-hybridized carbons (Fsp3) is 0.833. The average molecular weight is 397 g/mol. The van der Waals surface area contributed by atoms with Crippen LogP contribution in [0.3, 0.4) is 0 Å². The highest BCUT2D eigenvalue weighted by Crippen LogP contribution is 2.17. The first kappa shape index (κ1) is 26.7. The van der Waals surface area contributed by atoms with E-state index in [4.69, 9.17) is 4.74 Å². The number of ether oxygens (including phenoxy) is 2. The van der Waals surface area contributed by atoms with Gasteiger partial charge in [0.25, 0.3) is 0 Å². The Morgan fingerprint density at radius 1 is 0.786 bits per heavy atom. The van der Waals surface area contributed by atoms with Crippen molar-refractivity contribution < 1.29 is 19.1 Å². The second-order valence-corrected chi connectivity index (χ2v) is 7.76. The molecule has 0 heterocycles. The standard InChI is InChI=1S/C24H44O4/c1-4-6-7-16-19-22(28-23(25)5-2)20-17-14-12-10-8-9-11-13-15-18-21-24(26)27-3/h5,22H,2,4,6-21H2,1,3H3. The molecule has 0 aromatic rings. The SMILES string of the molecule is C=CC(=O)OC(CCCCCC)CCCCCCCCCCCCC(=O)OC. The van der Waals surface area contributed by atoms with Crippen molar-refractivity contribution in [2.24, 2.45) is 0 Å². The molecule has 0 radical (unpaired) electrons. The van der Waals surface area contributed by atoms with Gasteiger partial charge in [0.05, 0.1) is 7.11 Å². The van der Waals surface area contributed by atoms with E-state index < -0.39 is 0 Å². The van der Waals surface area contributed by atoms with Crippen LogP contribution < -0.4 is 0 Å². The minimum atomic E-state index is -0.285. The number of esters is 2. The Morgan fingerprint density at radius 2 is 1.25 bits per heavy atom. The van der Waals surface area contributed by atoms with Gasteiger partial charge in [0, 0.05) is 12.5 Å². The second kappa shape index (κ2) is 20.4. The molecule has 0 fully saturated rings. The monoisotopic (exact) mass is 396 g/mol. The van der Waals surface area contributed by atoms with Gasteiger partial charge in [-0.25, -0.2) is 4.79 Å². The minimum absolute atomic E-state index is 0.0624. The summed E-state index contributed by atoms with van der Waals surface area (Å²) in [5.41, 5.74) is 0. The molecule has 1 atom stereocenters. The maximum absolute atomic E-state index is 11.5. The van der Waals surface area contributed by atoms with Crippen molar-refractivity contribution in [1.82, 2.24) is 0 Å². The van der Waals surface area contributed by atoms with Crippen LogP contribution in [0, 0.1) is 0 Å². The number of hydrogen-bond donors (Lipinski definition) is 0. The van der Waals surface area contributed by atoms with Crippen LogP contribution in [-0.4, -0.2) is 25.2 Å². The van der Waals surface area contributed by atoms with Gasteiger partial charge < -0.3 is 9.47 Å². The maximum Gasteiger partial charge on any atom is 0.330 e. The van der Waals surface area contributed by atoms with Crippen LogP contribution in [0.5, 0.6) is 0 Å². The Kier molecular flexibility index (Phi) is 19.5. The lowest BCUT2D eigenvalue weighted by Gasteiger charge is -2.17. The van der Waals surface area contributed by atoms with E-state index in [1.165, 1.54) is 77.4 Å². The van der Waals surface area contributed by atoms with Crippen molar-refractivity contribution in [3.8, 4) is 0 Å². The number of unbranched alkanes of at least 4 members (excludes halogenated alkanes) is 12. The summed E-state index contributed by atoms with van der Waals surface area (Å²) in [4.78, 5) is 22.5. The minimum Gasteiger partial charge on any atom is -0.469 e. The molecule has 4 heteroatoms. The Morgan fingerprint density at radius 3 is 1.71 bits per heavy atom. The van der Waals surface area contributed by atoms with Crippen molar-refractivity contribution in [2.45, 2.75) is 122 Å². The molecular weight excluding hydrogens is 352 g/mol. The van der Waals surface area contributed by atoms with Crippen molar-refractivity contribution in [3.63, 3.8) is 0 Å². The largest absolute Gasteiger partial charge is 0.469 e. The van der Waals surface area contributed by atoms with Gasteiger partial charge >= 0.3 is 11.9 Å². The zero-order valence-corrected chi connectivity index (χ0v) is 18.5. The lowest BCUT2D eigenvalue weighted by molar-refractivity contribution is -0.144. The van der Waals surface area contributed by atoms with E-state index in [2.05, 4.69) is 18.2 Å². The molecule has 0 spiro atoms. The molecule has 0 aliphatic heterocycles. The zero-order valence-electron chi connectivity index (χ0n) is 18.5. The number of carbonyl (C=O) groups is 2. The summed E-state index contributed by atoms with van der Waals surface area (Å²) in [5.74, 6) is -0.380. The molecule has 0 aliphatic carbocycles. The quantitative estimate of drug-likeness (QED) is 0.127. The van der Waals surface area contributed by atoms with Gasteiger partial charge in [-0.2, -0.15) is 0 Å². The van der Waals surface area contributed by atoms with E-state index >= 15 is 0 Å². The van der Waals surface area contributed by atoms with E-state index in [0.717, 1.165) is 38.5 Å². The summed E-state index contributed by atoms with van der Waals surface area (Å²) in [7, 11) is 1.45. The number of rotatable bonds is 20. The first-order valence-electron chi connectivity index (χ1n) is 11.5. The predicted octanol–water partition coefficient (Wildman–Crippen LogP) is 6.91. The Bertz CT molecular complexity index is 392. The topological polar surface area (TPSA) is 52.6 Å². The Balaban J connectivity index is 3.58. The summed E-state index contributed by atoms with van der Waals surface area (Å²) >= 11 is 0. The maximum atomic E-state index is 11.5. The van der Waals surface area contributed by atoms with E-state index in [1.54, 1.807) is 0 Å². The highest BCUT2D eigenvalue weighted by molar-refractivity contribution is 5.81. The van der Waals surface area contributed by atoms with Gasteiger partial charge in [0.15, 0.2) is 0 Å². The molecule has 0 amide bonds. The molecular formula is C24H44O4. The van der Waals surface area contributed by atoms with Gasteiger partial charge in [-0.05, 0) is 32.1 Å². The molecule has 1 unspecified atom stereocenters. The lowest BCUT2D eigenvalue weighted by Crippen LogP contribution is -2.16. The predicted molar refractivity (Wildman–Crippen MR) is 116 cm³/mol. The second-order valence-electron chi connectivity index (χ2n) is 7.76.